The van der Waals surface area contributed by atoms with Crippen LogP contribution in [0.4, 0.5) is 0 Å². The molecule has 0 radical (unpaired) electrons. The number of rotatable bonds is 3. The minimum Gasteiger partial charge on any atom is -0.457 e. The molecule has 1 N–H and O–H groups in total. The van der Waals surface area contributed by atoms with Gasteiger partial charge in [-0.1, -0.05) is 17.3 Å². The van der Waals surface area contributed by atoms with Crippen LogP contribution in [0.5, 0.6) is 0 Å². The molecule has 0 aliphatic heterocycles. The second kappa shape index (κ2) is 5.46. The van der Waals surface area contributed by atoms with Crippen LogP contribution in [0.2, 0.25) is 0 Å². The first-order chi connectivity index (χ1) is 5.22. The van der Waals surface area contributed by atoms with Crippen LogP contribution in [0.1, 0.15) is 13.8 Å². The Labute approximate surface area is 65.2 Å². The van der Waals surface area contributed by atoms with Crippen LogP contribution in [0.25, 0.3) is 0 Å². The molecular weight excluding hydrogens is 146 g/mol. The van der Waals surface area contributed by atoms with Crippen molar-refractivity contribution in [3.63, 3.8) is 0 Å². The topological polar surface area (TPSA) is 58.9 Å². The Kier molecular flexibility index (Phi) is 4.81. The normalized spacial score (nSPS) is 12.0. The number of nitrogens with zero attached hydrogens (tertiary/aromatic N) is 1. The molecule has 0 aromatic heterocycles. The molecule has 0 saturated carbocycles. The van der Waals surface area contributed by atoms with Gasteiger partial charge in [-0.25, -0.2) is 4.79 Å². The third-order valence-corrected chi connectivity index (χ3v) is 0.992. The van der Waals surface area contributed by atoms with Crippen LogP contribution in [0.3, 0.4) is 0 Å². The van der Waals surface area contributed by atoms with Crippen molar-refractivity contribution in [2.24, 2.45) is 5.16 Å². The van der Waals surface area contributed by atoms with Gasteiger partial charge < -0.3 is 9.94 Å². The summed E-state index contributed by atoms with van der Waals surface area (Å²) in [6, 6.07) is 0. The highest BCUT2D eigenvalue weighted by atomic mass is 16.5. The van der Waals surface area contributed by atoms with E-state index in [4.69, 9.17) is 5.21 Å². The van der Waals surface area contributed by atoms with Crippen molar-refractivity contribution in [1.29, 1.82) is 0 Å². The number of ether oxygens (including phenoxy) is 1. The molecule has 62 valence electrons. The van der Waals surface area contributed by atoms with E-state index in [1.807, 2.05) is 6.92 Å². The number of carbonyl (C=O) groups is 1. The molecule has 0 rings (SSSR count). The van der Waals surface area contributed by atoms with E-state index in [-0.39, 0.29) is 12.3 Å². The van der Waals surface area contributed by atoms with Crippen molar-refractivity contribution in [3.05, 3.63) is 12.2 Å². The van der Waals surface area contributed by atoms with Gasteiger partial charge in [0.25, 0.3) is 0 Å². The number of oxime groups is 1. The minimum atomic E-state index is -0.606. The second-order valence-electron chi connectivity index (χ2n) is 1.85. The molecule has 0 atom stereocenters. The van der Waals surface area contributed by atoms with E-state index < -0.39 is 5.97 Å². The molecule has 0 aromatic carbocycles. The Bertz CT molecular complexity index is 184. The first kappa shape index (κ1) is 9.68. The molecule has 0 aliphatic carbocycles. The maximum atomic E-state index is 10.7. The van der Waals surface area contributed by atoms with Crippen LogP contribution in [-0.4, -0.2) is 23.5 Å². The van der Waals surface area contributed by atoms with Crippen LogP contribution >= 0.6 is 0 Å². The number of hydrogen-bond donors (Lipinski definition) is 1. The molecule has 0 fully saturated rings. The van der Waals surface area contributed by atoms with Crippen molar-refractivity contribution in [3.8, 4) is 0 Å². The van der Waals surface area contributed by atoms with Crippen molar-refractivity contribution in [1.82, 2.24) is 0 Å². The molecule has 4 heteroatoms. The van der Waals surface area contributed by atoms with Crippen LogP contribution in [-0.2, 0) is 9.53 Å². The van der Waals surface area contributed by atoms with Crippen molar-refractivity contribution < 1.29 is 14.7 Å². The summed E-state index contributed by atoms with van der Waals surface area (Å²) in [5.41, 5.74) is -0.0468. The lowest BCUT2D eigenvalue weighted by molar-refractivity contribution is -0.134. The first-order valence-corrected chi connectivity index (χ1v) is 3.19. The van der Waals surface area contributed by atoms with Gasteiger partial charge in [0, 0.05) is 0 Å². The van der Waals surface area contributed by atoms with Gasteiger partial charge >= 0.3 is 5.97 Å². The van der Waals surface area contributed by atoms with E-state index >= 15 is 0 Å². The Balaban J connectivity index is 3.70. The van der Waals surface area contributed by atoms with Crippen molar-refractivity contribution in [2.45, 2.75) is 13.8 Å². The highest BCUT2D eigenvalue weighted by molar-refractivity contribution is 6.35. The number of allylic oxidation sites excluding steroid dienone is 1. The maximum absolute atomic E-state index is 10.7. The SMILES string of the molecule is C/C=C/COC(=O)/C(C)=N/O. The fraction of sp³-hybridized carbons (Fsp3) is 0.429. The Morgan fingerprint density at radius 1 is 1.73 bits per heavy atom. The molecule has 0 unspecified atom stereocenters. The average molecular weight is 157 g/mol. The Morgan fingerprint density at radius 2 is 2.36 bits per heavy atom. The number of carbonyl (C=O) groups excluding carboxylic acids is 1. The quantitative estimate of drug-likeness (QED) is 0.218. The van der Waals surface area contributed by atoms with Gasteiger partial charge in [0.05, 0.1) is 0 Å². The van der Waals surface area contributed by atoms with Gasteiger partial charge in [0.1, 0.15) is 6.61 Å². The van der Waals surface area contributed by atoms with E-state index in [9.17, 15) is 4.79 Å². The van der Waals surface area contributed by atoms with Gasteiger partial charge in [0.15, 0.2) is 5.71 Å². The lowest BCUT2D eigenvalue weighted by Gasteiger charge is -1.97. The minimum absolute atomic E-state index is 0.0468. The molecule has 0 aromatic rings. The number of esters is 1. The molecule has 0 aliphatic rings. The molecule has 0 saturated heterocycles. The van der Waals surface area contributed by atoms with Crippen LogP contribution < -0.4 is 0 Å². The third kappa shape index (κ3) is 4.13. The smallest absolute Gasteiger partial charge is 0.356 e. The summed E-state index contributed by atoms with van der Waals surface area (Å²) in [4.78, 5) is 10.7. The summed E-state index contributed by atoms with van der Waals surface area (Å²) in [5.74, 6) is -0.606. The zero-order valence-corrected chi connectivity index (χ0v) is 6.57. The lowest BCUT2D eigenvalue weighted by atomic mass is 10.4. The molecular formula is C7H11NO3. The summed E-state index contributed by atoms with van der Waals surface area (Å²) in [6.45, 7) is 3.40. The van der Waals surface area contributed by atoms with Gasteiger partial charge in [-0.15, -0.1) is 0 Å². The van der Waals surface area contributed by atoms with E-state index in [1.165, 1.54) is 6.92 Å². The Morgan fingerprint density at radius 3 is 2.82 bits per heavy atom. The van der Waals surface area contributed by atoms with Crippen LogP contribution in [0.15, 0.2) is 17.3 Å². The molecule has 0 bridgehead atoms. The van der Waals surface area contributed by atoms with E-state index in [0.29, 0.717) is 0 Å². The predicted octanol–water partition coefficient (Wildman–Crippen LogP) is 0.956. The van der Waals surface area contributed by atoms with E-state index in [1.54, 1.807) is 12.2 Å². The fourth-order valence-corrected chi connectivity index (χ4v) is 0.365. The lowest BCUT2D eigenvalue weighted by Crippen LogP contribution is -2.14. The largest absolute Gasteiger partial charge is 0.457 e. The molecule has 0 heterocycles. The first-order valence-electron chi connectivity index (χ1n) is 3.19. The summed E-state index contributed by atoms with van der Waals surface area (Å²) in [5, 5.41) is 10.8. The second-order valence-corrected chi connectivity index (χ2v) is 1.85. The number of hydrogen-bond acceptors (Lipinski definition) is 4. The summed E-state index contributed by atoms with van der Waals surface area (Å²) in [7, 11) is 0. The molecule has 0 spiro atoms. The van der Waals surface area contributed by atoms with Crippen LogP contribution in [0, 0.1) is 0 Å². The maximum Gasteiger partial charge on any atom is 0.356 e. The van der Waals surface area contributed by atoms with Crippen molar-refractivity contribution in [2.75, 3.05) is 6.61 Å². The molecule has 11 heavy (non-hydrogen) atoms. The summed E-state index contributed by atoms with van der Waals surface area (Å²) >= 11 is 0. The average Bonchev–Trinajstić information content (AvgIpc) is 2.03. The van der Waals surface area contributed by atoms with Gasteiger partial charge in [-0.3, -0.25) is 0 Å². The molecule has 4 nitrogen and oxygen atoms in total. The predicted molar refractivity (Wildman–Crippen MR) is 40.7 cm³/mol. The third-order valence-electron chi connectivity index (χ3n) is 0.992. The Hall–Kier alpha value is -1.32. The highest BCUT2D eigenvalue weighted by Crippen LogP contribution is 1.84. The van der Waals surface area contributed by atoms with E-state index in [2.05, 4.69) is 9.89 Å². The van der Waals surface area contributed by atoms with Crippen molar-refractivity contribution >= 4 is 11.7 Å². The summed E-state index contributed by atoms with van der Waals surface area (Å²) < 4.78 is 4.62. The standard InChI is InChI=1S/C7H11NO3/c1-3-4-5-11-7(9)6(2)8-10/h3-4,10H,5H2,1-2H3/b4-3+,8-6+. The monoisotopic (exact) mass is 157 g/mol. The van der Waals surface area contributed by atoms with E-state index in [0.717, 1.165) is 0 Å². The summed E-state index contributed by atoms with van der Waals surface area (Å²) in [6.07, 6.45) is 3.45. The zero-order valence-electron chi connectivity index (χ0n) is 6.57. The van der Waals surface area contributed by atoms with Gasteiger partial charge in [0.2, 0.25) is 0 Å². The van der Waals surface area contributed by atoms with Gasteiger partial charge in [-0.05, 0) is 13.8 Å². The highest BCUT2D eigenvalue weighted by Gasteiger charge is 2.05. The fourth-order valence-electron chi connectivity index (χ4n) is 0.365. The van der Waals surface area contributed by atoms with Gasteiger partial charge in [-0.2, -0.15) is 0 Å². The zero-order chi connectivity index (χ0) is 8.69. The molecule has 0 amide bonds.